The third-order valence-corrected chi connectivity index (χ3v) is 6.46. The Kier molecular flexibility index (Phi) is 20.3. The van der Waals surface area contributed by atoms with Crippen molar-refractivity contribution in [1.82, 2.24) is 5.32 Å². The van der Waals surface area contributed by atoms with Crippen LogP contribution in [0.25, 0.3) is 0 Å². The molecule has 0 rings (SSSR count). The van der Waals surface area contributed by atoms with Crippen molar-refractivity contribution in [3.05, 3.63) is 0 Å². The molecular weight excluding hydrogens is 358 g/mol. The molecular formula is C26H53NO2. The van der Waals surface area contributed by atoms with Crippen molar-refractivity contribution in [2.75, 3.05) is 6.54 Å². The van der Waals surface area contributed by atoms with Crippen molar-refractivity contribution in [3.63, 3.8) is 0 Å². The molecule has 3 nitrogen and oxygen atoms in total. The van der Waals surface area contributed by atoms with Crippen molar-refractivity contribution in [2.45, 2.75) is 155 Å². The Hall–Kier alpha value is -0.570. The Labute approximate surface area is 182 Å². The first-order valence-corrected chi connectivity index (χ1v) is 13.1. The van der Waals surface area contributed by atoms with E-state index in [1.807, 2.05) is 6.92 Å². The zero-order valence-electron chi connectivity index (χ0n) is 20.2. The Morgan fingerprint density at radius 2 is 1.00 bits per heavy atom. The number of hydrogen-bond acceptors (Lipinski definition) is 2. The second-order valence-electron chi connectivity index (χ2n) is 9.07. The number of nitrogens with one attached hydrogen (secondary N) is 1. The maximum absolute atomic E-state index is 11.9. The summed E-state index contributed by atoms with van der Waals surface area (Å²) in [5, 5.41) is 13.2. The third-order valence-electron chi connectivity index (χ3n) is 6.46. The fourth-order valence-corrected chi connectivity index (χ4v) is 4.22. The van der Waals surface area contributed by atoms with E-state index >= 15 is 0 Å². The van der Waals surface area contributed by atoms with E-state index in [1.54, 1.807) is 0 Å². The van der Waals surface area contributed by atoms with Crippen LogP contribution in [-0.2, 0) is 4.79 Å². The van der Waals surface area contributed by atoms with Crippen molar-refractivity contribution in [2.24, 2.45) is 0 Å². The van der Waals surface area contributed by atoms with Crippen molar-refractivity contribution in [1.29, 1.82) is 0 Å². The van der Waals surface area contributed by atoms with E-state index in [0.29, 0.717) is 6.42 Å². The van der Waals surface area contributed by atoms with E-state index in [0.717, 1.165) is 25.8 Å². The van der Waals surface area contributed by atoms with Crippen LogP contribution in [0, 0.1) is 0 Å². The van der Waals surface area contributed by atoms with Crippen LogP contribution < -0.4 is 5.32 Å². The predicted molar refractivity (Wildman–Crippen MR) is 128 cm³/mol. The van der Waals surface area contributed by atoms with Crippen molar-refractivity contribution >= 4 is 5.97 Å². The molecule has 0 fully saturated rings. The van der Waals surface area contributed by atoms with E-state index in [-0.39, 0.29) is 0 Å². The maximum Gasteiger partial charge on any atom is 0.323 e. The SMILES string of the molecule is CCCCCCCCCCCCNC(CC)(CCCCCCCCCC)C(=O)O. The lowest BCUT2D eigenvalue weighted by atomic mass is 9.88. The molecule has 0 aliphatic carbocycles. The fraction of sp³-hybridized carbons (Fsp3) is 0.962. The highest BCUT2D eigenvalue weighted by molar-refractivity contribution is 5.78. The molecule has 3 heteroatoms. The highest BCUT2D eigenvalue weighted by Crippen LogP contribution is 2.21. The fourth-order valence-electron chi connectivity index (χ4n) is 4.22. The van der Waals surface area contributed by atoms with Gasteiger partial charge in [-0.1, -0.05) is 130 Å². The Morgan fingerprint density at radius 3 is 1.38 bits per heavy atom. The van der Waals surface area contributed by atoms with Gasteiger partial charge in [-0.25, -0.2) is 0 Å². The number of hydrogen-bond donors (Lipinski definition) is 2. The van der Waals surface area contributed by atoms with E-state index < -0.39 is 11.5 Å². The minimum Gasteiger partial charge on any atom is -0.480 e. The molecule has 0 radical (unpaired) electrons. The van der Waals surface area contributed by atoms with Gasteiger partial charge in [0.15, 0.2) is 0 Å². The number of carbonyl (C=O) groups is 1. The second kappa shape index (κ2) is 20.7. The van der Waals surface area contributed by atoms with E-state index in [1.165, 1.54) is 103 Å². The number of carboxylic acids is 1. The lowest BCUT2D eigenvalue weighted by Crippen LogP contribution is -2.52. The topological polar surface area (TPSA) is 49.3 Å². The Morgan fingerprint density at radius 1 is 0.621 bits per heavy atom. The van der Waals surface area contributed by atoms with Crippen LogP contribution in [0.5, 0.6) is 0 Å². The second-order valence-corrected chi connectivity index (χ2v) is 9.07. The Balaban J connectivity index is 3.82. The van der Waals surface area contributed by atoms with Crippen LogP contribution in [0.2, 0.25) is 0 Å². The number of unbranched alkanes of at least 4 members (excludes halogenated alkanes) is 16. The highest BCUT2D eigenvalue weighted by Gasteiger charge is 2.35. The summed E-state index contributed by atoms with van der Waals surface area (Å²) in [6.07, 6.45) is 24.7. The maximum atomic E-state index is 11.9. The van der Waals surface area contributed by atoms with Crippen LogP contribution >= 0.6 is 0 Å². The normalized spacial score (nSPS) is 13.5. The van der Waals surface area contributed by atoms with Gasteiger partial charge in [-0.3, -0.25) is 4.79 Å². The van der Waals surface area contributed by atoms with Crippen molar-refractivity contribution in [3.8, 4) is 0 Å². The summed E-state index contributed by atoms with van der Waals surface area (Å²) >= 11 is 0. The first kappa shape index (κ1) is 28.4. The first-order valence-electron chi connectivity index (χ1n) is 13.1. The zero-order chi connectivity index (χ0) is 21.6. The summed E-state index contributed by atoms with van der Waals surface area (Å²) in [7, 11) is 0. The van der Waals surface area contributed by atoms with Gasteiger partial charge in [0, 0.05) is 0 Å². The molecule has 1 unspecified atom stereocenters. The summed E-state index contributed by atoms with van der Waals surface area (Å²) in [6.45, 7) is 7.37. The van der Waals surface area contributed by atoms with Crippen LogP contribution in [0.4, 0.5) is 0 Å². The van der Waals surface area contributed by atoms with Gasteiger partial charge in [-0.15, -0.1) is 0 Å². The molecule has 1 atom stereocenters. The van der Waals surface area contributed by atoms with Gasteiger partial charge in [0.2, 0.25) is 0 Å². The molecule has 0 aliphatic rings. The minimum atomic E-state index is -0.707. The smallest absolute Gasteiger partial charge is 0.323 e. The minimum absolute atomic E-state index is 0.657. The molecule has 29 heavy (non-hydrogen) atoms. The molecule has 0 aromatic heterocycles. The molecule has 0 aliphatic heterocycles. The lowest BCUT2D eigenvalue weighted by molar-refractivity contribution is -0.145. The molecule has 0 aromatic rings. The van der Waals surface area contributed by atoms with E-state index in [9.17, 15) is 9.90 Å². The van der Waals surface area contributed by atoms with Gasteiger partial charge in [0.1, 0.15) is 5.54 Å². The van der Waals surface area contributed by atoms with Crippen molar-refractivity contribution < 1.29 is 9.90 Å². The third kappa shape index (κ3) is 15.9. The van der Waals surface area contributed by atoms with Crippen LogP contribution in [0.15, 0.2) is 0 Å². The summed E-state index contributed by atoms with van der Waals surface area (Å²) in [6, 6.07) is 0. The van der Waals surface area contributed by atoms with E-state index in [2.05, 4.69) is 19.2 Å². The first-order chi connectivity index (χ1) is 14.1. The standard InChI is InChI=1S/C26H53NO2/c1-4-7-9-11-13-15-16-18-20-22-24-27-26(6-3,25(28)29)23-21-19-17-14-12-10-8-5-2/h27H,4-24H2,1-3H3,(H,28,29). The summed E-state index contributed by atoms with van der Waals surface area (Å²) < 4.78 is 0. The zero-order valence-corrected chi connectivity index (χ0v) is 20.2. The summed E-state index contributed by atoms with van der Waals surface area (Å²) in [5.74, 6) is -0.657. The molecule has 0 aromatic carbocycles. The lowest BCUT2D eigenvalue weighted by Gasteiger charge is -2.30. The molecule has 0 heterocycles. The average molecular weight is 412 g/mol. The van der Waals surface area contributed by atoms with Gasteiger partial charge < -0.3 is 10.4 Å². The van der Waals surface area contributed by atoms with Crippen LogP contribution in [0.1, 0.15) is 149 Å². The molecule has 0 amide bonds. The largest absolute Gasteiger partial charge is 0.480 e. The molecule has 2 N–H and O–H groups in total. The number of carboxylic acid groups (broad SMARTS) is 1. The molecule has 0 bridgehead atoms. The number of aliphatic carboxylic acids is 1. The van der Waals surface area contributed by atoms with Gasteiger partial charge in [0.25, 0.3) is 0 Å². The molecule has 0 saturated carbocycles. The van der Waals surface area contributed by atoms with Crippen LogP contribution in [-0.4, -0.2) is 23.2 Å². The molecule has 174 valence electrons. The summed E-state index contributed by atoms with van der Waals surface area (Å²) in [5.41, 5.74) is -0.707. The Bertz CT molecular complexity index is 359. The predicted octanol–water partition coefficient (Wildman–Crippen LogP) is 8.26. The van der Waals surface area contributed by atoms with Gasteiger partial charge in [-0.2, -0.15) is 0 Å². The molecule has 0 spiro atoms. The highest BCUT2D eigenvalue weighted by atomic mass is 16.4. The average Bonchev–Trinajstić information content (AvgIpc) is 2.72. The number of rotatable bonds is 23. The molecule has 0 saturated heterocycles. The van der Waals surface area contributed by atoms with Gasteiger partial charge in [0.05, 0.1) is 0 Å². The summed E-state index contributed by atoms with van der Waals surface area (Å²) in [4.78, 5) is 11.9. The monoisotopic (exact) mass is 411 g/mol. The van der Waals surface area contributed by atoms with E-state index in [4.69, 9.17) is 0 Å². The van der Waals surface area contributed by atoms with Gasteiger partial charge in [-0.05, 0) is 25.8 Å². The quantitative estimate of drug-likeness (QED) is 0.166. The van der Waals surface area contributed by atoms with Gasteiger partial charge >= 0.3 is 5.97 Å². The van der Waals surface area contributed by atoms with Crippen LogP contribution in [0.3, 0.4) is 0 Å².